The van der Waals surface area contributed by atoms with Gasteiger partial charge in [-0.15, -0.1) is 0 Å². The fourth-order valence-electron chi connectivity index (χ4n) is 2.32. The van der Waals surface area contributed by atoms with Crippen molar-refractivity contribution >= 4 is 15.5 Å². The Kier molecular flexibility index (Phi) is 4.53. The van der Waals surface area contributed by atoms with E-state index < -0.39 is 9.84 Å². The van der Waals surface area contributed by atoms with E-state index in [0.29, 0.717) is 5.69 Å². The Labute approximate surface area is 141 Å². The van der Waals surface area contributed by atoms with Gasteiger partial charge in [0, 0.05) is 11.8 Å². The molecule has 0 aliphatic carbocycles. The lowest BCUT2D eigenvalue weighted by atomic mass is 10.2. The molecular weight excluding hydrogens is 322 g/mol. The zero-order valence-corrected chi connectivity index (χ0v) is 13.7. The number of nitrogen functional groups attached to an aromatic ring is 1. The normalized spacial score (nSPS) is 11.2. The molecule has 0 aromatic heterocycles. The topological polar surface area (TPSA) is 69.4 Å². The number of anilines is 1. The minimum Gasteiger partial charge on any atom is -0.487 e. The molecule has 0 aliphatic heterocycles. The summed E-state index contributed by atoms with van der Waals surface area (Å²) in [4.78, 5) is 0.332. The van der Waals surface area contributed by atoms with E-state index in [0.717, 1.165) is 5.56 Å². The predicted molar refractivity (Wildman–Crippen MR) is 93.5 cm³/mol. The van der Waals surface area contributed by atoms with Crippen LogP contribution in [0.2, 0.25) is 0 Å². The molecule has 0 bridgehead atoms. The summed E-state index contributed by atoms with van der Waals surface area (Å²) in [6, 6.07) is 22.4. The Balaban J connectivity index is 1.97. The van der Waals surface area contributed by atoms with Crippen LogP contribution in [0, 0.1) is 0 Å². The SMILES string of the molecule is Nc1ccc(S(=O)(=O)c2ccccc2)c(OCc2ccccc2)c1. The lowest BCUT2D eigenvalue weighted by molar-refractivity contribution is 0.298. The number of benzene rings is 3. The van der Waals surface area contributed by atoms with Crippen molar-refractivity contribution in [2.75, 3.05) is 5.73 Å². The third kappa shape index (κ3) is 3.41. The Bertz CT molecular complexity index is 923. The highest BCUT2D eigenvalue weighted by Gasteiger charge is 2.22. The molecule has 24 heavy (non-hydrogen) atoms. The highest BCUT2D eigenvalue weighted by molar-refractivity contribution is 7.91. The van der Waals surface area contributed by atoms with Gasteiger partial charge in [-0.2, -0.15) is 0 Å². The van der Waals surface area contributed by atoms with Crippen LogP contribution in [0.4, 0.5) is 5.69 Å². The Morgan fingerprint density at radius 1 is 0.833 bits per heavy atom. The number of nitrogens with two attached hydrogens (primary N) is 1. The molecule has 122 valence electrons. The van der Waals surface area contributed by atoms with Crippen LogP contribution in [0.1, 0.15) is 5.56 Å². The van der Waals surface area contributed by atoms with Crippen molar-refractivity contribution in [1.82, 2.24) is 0 Å². The zero-order valence-electron chi connectivity index (χ0n) is 12.9. The smallest absolute Gasteiger partial charge is 0.210 e. The summed E-state index contributed by atoms with van der Waals surface area (Å²) in [6.07, 6.45) is 0. The number of ether oxygens (including phenoxy) is 1. The summed E-state index contributed by atoms with van der Waals surface area (Å²) in [5.74, 6) is 0.253. The fraction of sp³-hybridized carbons (Fsp3) is 0.0526. The van der Waals surface area contributed by atoms with Crippen LogP contribution < -0.4 is 10.5 Å². The van der Waals surface area contributed by atoms with Crippen molar-refractivity contribution in [1.29, 1.82) is 0 Å². The molecule has 3 rings (SSSR count). The van der Waals surface area contributed by atoms with Crippen molar-refractivity contribution in [2.45, 2.75) is 16.4 Å². The minimum atomic E-state index is -3.67. The van der Waals surface area contributed by atoms with E-state index in [-0.39, 0.29) is 22.1 Å². The van der Waals surface area contributed by atoms with E-state index in [9.17, 15) is 8.42 Å². The van der Waals surface area contributed by atoms with Gasteiger partial charge in [0.1, 0.15) is 17.3 Å². The molecule has 3 aromatic carbocycles. The maximum atomic E-state index is 12.9. The molecule has 0 fully saturated rings. The Morgan fingerprint density at radius 2 is 1.46 bits per heavy atom. The van der Waals surface area contributed by atoms with Gasteiger partial charge >= 0.3 is 0 Å². The van der Waals surface area contributed by atoms with E-state index in [4.69, 9.17) is 10.5 Å². The third-order valence-electron chi connectivity index (χ3n) is 3.55. The molecule has 0 unspecified atom stereocenters. The van der Waals surface area contributed by atoms with Gasteiger partial charge in [-0.25, -0.2) is 8.42 Å². The maximum absolute atomic E-state index is 12.9. The van der Waals surface area contributed by atoms with Crippen LogP contribution in [0.5, 0.6) is 5.75 Å². The molecular formula is C19H17NO3S. The summed E-state index contributed by atoms with van der Waals surface area (Å²) in [5.41, 5.74) is 7.20. The average molecular weight is 339 g/mol. The van der Waals surface area contributed by atoms with Crippen molar-refractivity contribution < 1.29 is 13.2 Å². The largest absolute Gasteiger partial charge is 0.487 e. The Hall–Kier alpha value is -2.79. The van der Waals surface area contributed by atoms with Crippen LogP contribution in [-0.2, 0) is 16.4 Å². The summed E-state index contributed by atoms with van der Waals surface area (Å²) in [6.45, 7) is 0.265. The third-order valence-corrected chi connectivity index (χ3v) is 5.36. The van der Waals surface area contributed by atoms with Gasteiger partial charge in [0.15, 0.2) is 0 Å². The van der Waals surface area contributed by atoms with Crippen molar-refractivity contribution in [3.05, 3.63) is 84.4 Å². The standard InChI is InChI=1S/C19H17NO3S/c20-16-11-12-19(24(21,22)17-9-5-2-6-10-17)18(13-16)23-14-15-7-3-1-4-8-15/h1-13H,14,20H2. The Morgan fingerprint density at radius 3 is 2.12 bits per heavy atom. The summed E-state index contributed by atoms with van der Waals surface area (Å²) < 4.78 is 31.5. The predicted octanol–water partition coefficient (Wildman–Crippen LogP) is 3.68. The highest BCUT2D eigenvalue weighted by Crippen LogP contribution is 2.31. The van der Waals surface area contributed by atoms with Crippen LogP contribution >= 0.6 is 0 Å². The summed E-state index contributed by atoms with van der Waals surface area (Å²) >= 11 is 0. The van der Waals surface area contributed by atoms with E-state index in [2.05, 4.69) is 0 Å². The van der Waals surface area contributed by atoms with E-state index in [1.54, 1.807) is 42.5 Å². The zero-order chi connectivity index (χ0) is 17.0. The van der Waals surface area contributed by atoms with Gasteiger partial charge in [0.05, 0.1) is 4.90 Å². The van der Waals surface area contributed by atoms with Crippen molar-refractivity contribution in [3.8, 4) is 5.75 Å². The van der Waals surface area contributed by atoms with Crippen molar-refractivity contribution in [3.63, 3.8) is 0 Å². The molecule has 0 atom stereocenters. The van der Waals surface area contributed by atoms with Crippen LogP contribution in [0.15, 0.2) is 88.7 Å². The molecule has 0 aliphatic rings. The van der Waals surface area contributed by atoms with E-state index in [1.807, 2.05) is 30.3 Å². The first-order valence-electron chi connectivity index (χ1n) is 7.44. The van der Waals surface area contributed by atoms with Gasteiger partial charge in [0.2, 0.25) is 9.84 Å². The van der Waals surface area contributed by atoms with Crippen LogP contribution in [0.25, 0.3) is 0 Å². The molecule has 0 amide bonds. The number of hydrogen-bond donors (Lipinski definition) is 1. The van der Waals surface area contributed by atoms with E-state index in [1.165, 1.54) is 6.07 Å². The van der Waals surface area contributed by atoms with Crippen LogP contribution in [0.3, 0.4) is 0 Å². The monoisotopic (exact) mass is 339 g/mol. The second kappa shape index (κ2) is 6.76. The van der Waals surface area contributed by atoms with Gasteiger partial charge in [-0.1, -0.05) is 48.5 Å². The quantitative estimate of drug-likeness (QED) is 0.720. The van der Waals surface area contributed by atoms with Crippen molar-refractivity contribution in [2.24, 2.45) is 0 Å². The molecule has 0 radical (unpaired) electrons. The van der Waals surface area contributed by atoms with Gasteiger partial charge < -0.3 is 10.5 Å². The molecule has 2 N–H and O–H groups in total. The van der Waals surface area contributed by atoms with E-state index >= 15 is 0 Å². The lowest BCUT2D eigenvalue weighted by Gasteiger charge is -2.13. The molecule has 0 spiro atoms. The maximum Gasteiger partial charge on any atom is 0.210 e. The number of hydrogen-bond acceptors (Lipinski definition) is 4. The lowest BCUT2D eigenvalue weighted by Crippen LogP contribution is -2.06. The number of rotatable bonds is 5. The minimum absolute atomic E-state index is 0.110. The molecule has 4 nitrogen and oxygen atoms in total. The first-order valence-corrected chi connectivity index (χ1v) is 8.92. The van der Waals surface area contributed by atoms with Gasteiger partial charge in [0.25, 0.3) is 0 Å². The fourth-order valence-corrected chi connectivity index (χ4v) is 3.72. The second-order valence-electron chi connectivity index (χ2n) is 5.30. The molecule has 0 saturated heterocycles. The molecule has 5 heteroatoms. The van der Waals surface area contributed by atoms with Crippen LogP contribution in [-0.4, -0.2) is 8.42 Å². The molecule has 3 aromatic rings. The van der Waals surface area contributed by atoms with Gasteiger partial charge in [-0.3, -0.25) is 0 Å². The molecule has 0 saturated carbocycles. The first kappa shape index (κ1) is 16.1. The summed E-state index contributed by atoms with van der Waals surface area (Å²) in [7, 11) is -3.67. The number of sulfone groups is 1. The highest BCUT2D eigenvalue weighted by atomic mass is 32.2. The first-order chi connectivity index (χ1) is 11.6. The molecule has 0 heterocycles. The summed E-state index contributed by atoms with van der Waals surface area (Å²) in [5, 5.41) is 0. The second-order valence-corrected chi connectivity index (χ2v) is 7.22. The average Bonchev–Trinajstić information content (AvgIpc) is 2.61. The van der Waals surface area contributed by atoms with Gasteiger partial charge in [-0.05, 0) is 29.8 Å².